The fourth-order valence-electron chi connectivity index (χ4n) is 6.03. The van der Waals surface area contributed by atoms with Crippen LogP contribution < -0.4 is 15.6 Å². The molecule has 1 fully saturated rings. The molecule has 11 heteroatoms. The van der Waals surface area contributed by atoms with Gasteiger partial charge in [0.1, 0.15) is 5.56 Å². The SMILES string of the molecule is COc1nc(-c2cccc(-c3cccc(NC(=O)c4ccnn(C)c4=O)c3C)c2Cl)cc2c1[C@H](N1CC(C(=O)O)C1)CC2. The normalized spacial score (nSPS) is 16.4. The number of aliphatic carboxylic acids is 1. The highest BCUT2D eigenvalue weighted by Crippen LogP contribution is 2.46. The molecule has 1 saturated heterocycles. The van der Waals surface area contributed by atoms with Crippen molar-refractivity contribution in [2.75, 3.05) is 25.5 Å². The van der Waals surface area contributed by atoms with E-state index in [0.717, 1.165) is 50.9 Å². The van der Waals surface area contributed by atoms with Gasteiger partial charge in [-0.05, 0) is 54.7 Å². The lowest BCUT2D eigenvalue weighted by molar-refractivity contribution is -0.148. The second kappa shape index (κ2) is 11.3. The number of carboxylic acids is 1. The first-order valence-corrected chi connectivity index (χ1v) is 14.3. The van der Waals surface area contributed by atoms with Gasteiger partial charge in [-0.25, -0.2) is 9.67 Å². The average Bonchev–Trinajstić information content (AvgIpc) is 3.38. The number of carboxylic acid groups (broad SMARTS) is 1. The average molecular weight is 600 g/mol. The number of likely N-dealkylation sites (tertiary alicyclic amines) is 1. The third-order valence-corrected chi connectivity index (χ3v) is 8.83. The number of hydrogen-bond acceptors (Lipinski definition) is 7. The number of ether oxygens (including phenoxy) is 1. The smallest absolute Gasteiger partial charge is 0.309 e. The molecule has 2 aromatic heterocycles. The summed E-state index contributed by atoms with van der Waals surface area (Å²) in [5.41, 5.74) is 6.02. The Morgan fingerprint density at radius 1 is 1.09 bits per heavy atom. The number of fused-ring (bicyclic) bond motifs is 1. The summed E-state index contributed by atoms with van der Waals surface area (Å²) in [5.74, 6) is -1.08. The zero-order chi connectivity index (χ0) is 30.4. The minimum absolute atomic E-state index is 0.00276. The van der Waals surface area contributed by atoms with Crippen molar-refractivity contribution in [3.63, 3.8) is 0 Å². The number of hydrogen-bond donors (Lipinski definition) is 2. The van der Waals surface area contributed by atoms with Gasteiger partial charge in [0.05, 0.1) is 23.7 Å². The minimum atomic E-state index is -0.757. The molecule has 0 saturated carbocycles. The Hall–Kier alpha value is -4.54. The maximum atomic E-state index is 13.0. The summed E-state index contributed by atoms with van der Waals surface area (Å²) in [6, 6.07) is 14.8. The van der Waals surface area contributed by atoms with Crippen LogP contribution in [0.2, 0.25) is 5.02 Å². The van der Waals surface area contributed by atoms with Gasteiger partial charge >= 0.3 is 5.97 Å². The second-order valence-corrected chi connectivity index (χ2v) is 11.3. The van der Waals surface area contributed by atoms with E-state index in [9.17, 15) is 19.5 Å². The Kier molecular flexibility index (Phi) is 7.49. The number of aryl methyl sites for hydroxylation is 2. The van der Waals surface area contributed by atoms with Crippen molar-refractivity contribution in [2.24, 2.45) is 13.0 Å². The lowest BCUT2D eigenvalue weighted by atomic mass is 9.94. The van der Waals surface area contributed by atoms with Crippen LogP contribution in [0.5, 0.6) is 5.88 Å². The minimum Gasteiger partial charge on any atom is -0.481 e. The van der Waals surface area contributed by atoms with Crippen LogP contribution in [0.1, 0.15) is 39.5 Å². The number of pyridine rings is 1. The lowest BCUT2D eigenvalue weighted by Crippen LogP contribution is -2.51. The molecule has 6 rings (SSSR count). The van der Waals surface area contributed by atoms with Crippen LogP contribution in [0.3, 0.4) is 0 Å². The summed E-state index contributed by atoms with van der Waals surface area (Å²) in [4.78, 5) is 43.7. The molecule has 4 aromatic rings. The number of carbonyl (C=O) groups is 2. The molecule has 2 N–H and O–H groups in total. The molecule has 2 aromatic carbocycles. The third kappa shape index (κ3) is 5.06. The first-order chi connectivity index (χ1) is 20.7. The molecule has 0 spiro atoms. The summed E-state index contributed by atoms with van der Waals surface area (Å²) in [7, 11) is 3.09. The summed E-state index contributed by atoms with van der Waals surface area (Å²) in [6.45, 7) is 2.94. The number of aromatic nitrogens is 3. The van der Waals surface area contributed by atoms with E-state index in [2.05, 4.69) is 21.4 Å². The van der Waals surface area contributed by atoms with Crippen LogP contribution in [0.25, 0.3) is 22.4 Å². The van der Waals surface area contributed by atoms with Crippen molar-refractivity contribution in [3.8, 4) is 28.3 Å². The van der Waals surface area contributed by atoms with Gasteiger partial charge in [0.25, 0.3) is 11.5 Å². The molecular weight excluding hydrogens is 570 g/mol. The Morgan fingerprint density at radius 2 is 1.81 bits per heavy atom. The van der Waals surface area contributed by atoms with Gasteiger partial charge in [-0.3, -0.25) is 19.3 Å². The van der Waals surface area contributed by atoms with Crippen molar-refractivity contribution >= 4 is 29.2 Å². The van der Waals surface area contributed by atoms with Gasteiger partial charge in [-0.15, -0.1) is 0 Å². The summed E-state index contributed by atoms with van der Waals surface area (Å²) >= 11 is 7.06. The van der Waals surface area contributed by atoms with E-state index in [1.807, 2.05) is 37.3 Å². The fourth-order valence-corrected chi connectivity index (χ4v) is 6.36. The predicted molar refractivity (Wildman–Crippen MR) is 163 cm³/mol. The van der Waals surface area contributed by atoms with Crippen LogP contribution in [0, 0.1) is 12.8 Å². The van der Waals surface area contributed by atoms with E-state index in [1.165, 1.54) is 19.3 Å². The molecule has 2 aliphatic rings. The summed E-state index contributed by atoms with van der Waals surface area (Å²) < 4.78 is 6.87. The van der Waals surface area contributed by atoms with Crippen LogP contribution in [-0.4, -0.2) is 56.8 Å². The number of carbonyl (C=O) groups excluding carboxylic acids is 1. The molecule has 1 atom stereocenters. The van der Waals surface area contributed by atoms with Gasteiger partial charge in [0, 0.05) is 54.8 Å². The topological polar surface area (TPSA) is 127 Å². The third-order valence-electron chi connectivity index (χ3n) is 8.42. The van der Waals surface area contributed by atoms with Gasteiger partial charge in [0.15, 0.2) is 0 Å². The number of anilines is 1. The second-order valence-electron chi connectivity index (χ2n) is 10.9. The summed E-state index contributed by atoms with van der Waals surface area (Å²) in [5, 5.41) is 16.5. The van der Waals surface area contributed by atoms with Gasteiger partial charge in [0.2, 0.25) is 5.88 Å². The number of amides is 1. The Labute approximate surface area is 252 Å². The molecule has 3 heterocycles. The predicted octanol–water partition coefficient (Wildman–Crippen LogP) is 4.74. The number of nitrogens with zero attached hydrogens (tertiary/aromatic N) is 4. The zero-order valence-corrected chi connectivity index (χ0v) is 24.7. The first kappa shape index (κ1) is 28.6. The number of methoxy groups -OCH3 is 1. The Bertz CT molecular complexity index is 1830. The van der Waals surface area contributed by atoms with E-state index in [0.29, 0.717) is 35.4 Å². The van der Waals surface area contributed by atoms with Crippen LogP contribution in [-0.2, 0) is 18.3 Å². The van der Waals surface area contributed by atoms with Crippen molar-refractivity contribution in [1.82, 2.24) is 19.7 Å². The van der Waals surface area contributed by atoms with Crippen molar-refractivity contribution < 1.29 is 19.4 Å². The molecule has 0 unspecified atom stereocenters. The molecule has 43 heavy (non-hydrogen) atoms. The number of benzene rings is 2. The molecule has 1 aliphatic carbocycles. The number of halogens is 1. The Morgan fingerprint density at radius 3 is 2.56 bits per heavy atom. The molecule has 0 bridgehead atoms. The van der Waals surface area contributed by atoms with E-state index in [1.54, 1.807) is 13.2 Å². The fraction of sp³-hybridized carbons (Fsp3) is 0.281. The van der Waals surface area contributed by atoms with Crippen molar-refractivity contribution in [1.29, 1.82) is 0 Å². The van der Waals surface area contributed by atoms with Gasteiger partial charge in [-0.1, -0.05) is 41.9 Å². The lowest BCUT2D eigenvalue weighted by Gasteiger charge is -2.41. The number of rotatable bonds is 7. The molecular formula is C32H30ClN5O5. The van der Waals surface area contributed by atoms with Gasteiger partial charge < -0.3 is 15.2 Å². The van der Waals surface area contributed by atoms with E-state index >= 15 is 0 Å². The van der Waals surface area contributed by atoms with E-state index in [-0.39, 0.29) is 17.5 Å². The molecule has 0 radical (unpaired) electrons. The molecule has 10 nitrogen and oxygen atoms in total. The maximum absolute atomic E-state index is 13.0. The van der Waals surface area contributed by atoms with Crippen molar-refractivity contribution in [2.45, 2.75) is 25.8 Å². The molecule has 1 aliphatic heterocycles. The largest absolute Gasteiger partial charge is 0.481 e. The monoisotopic (exact) mass is 599 g/mol. The van der Waals surface area contributed by atoms with E-state index < -0.39 is 17.4 Å². The van der Waals surface area contributed by atoms with E-state index in [4.69, 9.17) is 21.3 Å². The van der Waals surface area contributed by atoms with Crippen LogP contribution in [0.15, 0.2) is 59.5 Å². The molecule has 1 amide bonds. The van der Waals surface area contributed by atoms with Crippen LogP contribution >= 0.6 is 11.6 Å². The highest BCUT2D eigenvalue weighted by molar-refractivity contribution is 6.36. The first-order valence-electron chi connectivity index (χ1n) is 13.9. The van der Waals surface area contributed by atoms with Crippen LogP contribution in [0.4, 0.5) is 5.69 Å². The zero-order valence-electron chi connectivity index (χ0n) is 23.9. The van der Waals surface area contributed by atoms with Gasteiger partial charge in [-0.2, -0.15) is 5.10 Å². The highest BCUT2D eigenvalue weighted by Gasteiger charge is 2.41. The quantitative estimate of drug-likeness (QED) is 0.312. The molecule has 220 valence electrons. The maximum Gasteiger partial charge on any atom is 0.309 e. The standard InChI is InChI=1S/C32H30ClN5O5/c1-17-20(6-5-9-24(17)35-29(39)23-12-13-34-37(2)31(23)40)21-7-4-8-22(28(21)33)25-14-18-10-11-26(27(18)30(36-25)43-3)38-15-19(16-38)32(41)42/h4-9,12-14,19,26H,10-11,15-16H2,1-3H3,(H,35,39)(H,41,42)/t26-/m1/s1. The summed E-state index contributed by atoms with van der Waals surface area (Å²) in [6.07, 6.45) is 3.12. The van der Waals surface area contributed by atoms with Crippen molar-refractivity contribution in [3.05, 3.63) is 92.4 Å². The Balaban J connectivity index is 1.32. The number of nitrogens with one attached hydrogen (secondary N) is 1. The highest BCUT2D eigenvalue weighted by atomic mass is 35.5.